The van der Waals surface area contributed by atoms with Gasteiger partial charge in [0, 0.05) is 0 Å². The largest absolute Gasteiger partial charge is 0.500 e. The van der Waals surface area contributed by atoms with Gasteiger partial charge in [0.2, 0.25) is 0 Å². The van der Waals surface area contributed by atoms with Crippen LogP contribution in [-0.2, 0) is 6.18 Å². The molecule has 0 radical (unpaired) electrons. The van der Waals surface area contributed by atoms with Gasteiger partial charge in [-0.25, -0.2) is 4.79 Å². The lowest BCUT2D eigenvalue weighted by atomic mass is 10.2. The molecule has 0 atom stereocenters. The summed E-state index contributed by atoms with van der Waals surface area (Å²) in [4.78, 5) is 9.78. The number of halogens is 4. The van der Waals surface area contributed by atoms with Crippen LogP contribution in [0.4, 0.5) is 22.4 Å². The molecule has 0 saturated carbocycles. The summed E-state index contributed by atoms with van der Waals surface area (Å²) < 4.78 is 51.5. The van der Waals surface area contributed by atoms with Gasteiger partial charge in [-0.2, -0.15) is 13.2 Å². The number of hydrogen-bond donors (Lipinski definition) is 0. The highest BCUT2D eigenvalue weighted by Crippen LogP contribution is 2.30. The first-order chi connectivity index (χ1) is 6.39. The molecule has 0 aliphatic heterocycles. The zero-order valence-corrected chi connectivity index (χ0v) is 6.64. The van der Waals surface area contributed by atoms with Crippen molar-refractivity contribution >= 4 is 6.22 Å². The van der Waals surface area contributed by atoms with E-state index in [2.05, 4.69) is 4.74 Å². The Balaban J connectivity index is 2.84. The van der Waals surface area contributed by atoms with Crippen molar-refractivity contribution in [1.29, 1.82) is 0 Å². The number of carbonyl (C=O) groups is 1. The van der Waals surface area contributed by atoms with Crippen molar-refractivity contribution in [2.45, 2.75) is 6.18 Å². The minimum atomic E-state index is -4.46. The Morgan fingerprint density at radius 3 is 2.00 bits per heavy atom. The molecule has 76 valence electrons. The van der Waals surface area contributed by atoms with Crippen molar-refractivity contribution in [2.75, 3.05) is 0 Å². The molecule has 0 amide bonds. The predicted octanol–water partition coefficient (Wildman–Crippen LogP) is 3.17. The van der Waals surface area contributed by atoms with Crippen molar-refractivity contribution in [1.82, 2.24) is 0 Å². The molecule has 0 bridgehead atoms. The molecule has 1 aromatic carbocycles. The lowest BCUT2D eigenvalue weighted by Gasteiger charge is -2.06. The average molecular weight is 208 g/mol. The number of alkyl halides is 3. The Morgan fingerprint density at radius 2 is 1.64 bits per heavy atom. The van der Waals surface area contributed by atoms with Gasteiger partial charge in [0.1, 0.15) is 5.75 Å². The second kappa shape index (κ2) is 3.65. The Hall–Kier alpha value is -1.59. The Bertz CT molecular complexity index is 328. The second-order valence-corrected chi connectivity index (χ2v) is 2.36. The van der Waals surface area contributed by atoms with Gasteiger partial charge in [-0.3, -0.25) is 0 Å². The summed E-state index contributed by atoms with van der Waals surface area (Å²) in [5.74, 6) is -0.273. The fraction of sp³-hybridized carbons (Fsp3) is 0.125. The monoisotopic (exact) mass is 208 g/mol. The third-order valence-corrected chi connectivity index (χ3v) is 1.38. The summed E-state index contributed by atoms with van der Waals surface area (Å²) in [7, 11) is 0. The maximum absolute atomic E-state index is 12.0. The molecule has 0 aromatic heterocycles. The van der Waals surface area contributed by atoms with Crippen LogP contribution in [0.25, 0.3) is 0 Å². The summed E-state index contributed by atoms with van der Waals surface area (Å²) in [6.45, 7) is 0. The quantitative estimate of drug-likeness (QED) is 0.523. The van der Waals surface area contributed by atoms with Crippen LogP contribution in [-0.4, -0.2) is 6.22 Å². The maximum atomic E-state index is 12.0. The zero-order valence-electron chi connectivity index (χ0n) is 6.64. The molecule has 0 saturated heterocycles. The fourth-order valence-corrected chi connectivity index (χ4v) is 0.805. The number of carbonyl (C=O) groups excluding carboxylic acids is 1. The van der Waals surface area contributed by atoms with E-state index < -0.39 is 18.0 Å². The zero-order chi connectivity index (χ0) is 10.8. The molecule has 0 aliphatic rings. The maximum Gasteiger partial charge on any atom is 0.500 e. The highest BCUT2D eigenvalue weighted by Gasteiger charge is 2.30. The van der Waals surface area contributed by atoms with E-state index in [4.69, 9.17) is 0 Å². The minimum absolute atomic E-state index is 0.273. The summed E-state index contributed by atoms with van der Waals surface area (Å²) in [6, 6.07) is 3.11. The van der Waals surface area contributed by atoms with Crippen molar-refractivity contribution in [2.24, 2.45) is 0 Å². The van der Waals surface area contributed by atoms with Crippen LogP contribution in [0.2, 0.25) is 0 Å². The van der Waals surface area contributed by atoms with Gasteiger partial charge in [0.25, 0.3) is 0 Å². The molecule has 1 rings (SSSR count). The topological polar surface area (TPSA) is 26.3 Å². The van der Waals surface area contributed by atoms with E-state index in [1.54, 1.807) is 0 Å². The third kappa shape index (κ3) is 2.72. The normalized spacial score (nSPS) is 11.1. The van der Waals surface area contributed by atoms with Crippen molar-refractivity contribution < 1.29 is 27.1 Å². The van der Waals surface area contributed by atoms with Crippen molar-refractivity contribution in [3.05, 3.63) is 29.8 Å². The van der Waals surface area contributed by atoms with Crippen LogP contribution in [0.15, 0.2) is 24.3 Å². The minimum Gasteiger partial charge on any atom is -0.401 e. The number of hydrogen-bond acceptors (Lipinski definition) is 2. The molecule has 0 aliphatic carbocycles. The Kier molecular flexibility index (Phi) is 2.73. The van der Waals surface area contributed by atoms with Crippen LogP contribution in [0.1, 0.15) is 5.56 Å². The summed E-state index contributed by atoms with van der Waals surface area (Å²) in [5.41, 5.74) is -0.892. The standard InChI is InChI=1S/C8H4F4O2/c9-7(13)14-6-3-1-5(2-4-6)8(10,11)12/h1-4H. The molecule has 14 heavy (non-hydrogen) atoms. The van der Waals surface area contributed by atoms with E-state index >= 15 is 0 Å². The first-order valence-electron chi connectivity index (χ1n) is 3.44. The highest BCUT2D eigenvalue weighted by molar-refractivity contribution is 5.62. The van der Waals surface area contributed by atoms with Gasteiger partial charge in [0.05, 0.1) is 5.56 Å². The molecule has 0 spiro atoms. The second-order valence-electron chi connectivity index (χ2n) is 2.36. The van der Waals surface area contributed by atoms with Crippen LogP contribution in [0.5, 0.6) is 5.75 Å². The molecule has 0 unspecified atom stereocenters. The number of benzene rings is 1. The summed E-state index contributed by atoms with van der Waals surface area (Å²) in [5, 5.41) is 0. The SMILES string of the molecule is O=C(F)Oc1ccc(C(F)(F)F)cc1. The van der Waals surface area contributed by atoms with E-state index in [1.165, 1.54) is 0 Å². The molecule has 6 heteroatoms. The van der Waals surface area contributed by atoms with Crippen LogP contribution in [0, 0.1) is 0 Å². The predicted molar refractivity (Wildman–Crippen MR) is 38.6 cm³/mol. The lowest BCUT2D eigenvalue weighted by Crippen LogP contribution is -2.04. The number of ether oxygens (including phenoxy) is 1. The van der Waals surface area contributed by atoms with Crippen LogP contribution < -0.4 is 4.74 Å². The van der Waals surface area contributed by atoms with E-state index in [9.17, 15) is 22.4 Å². The molecule has 0 heterocycles. The van der Waals surface area contributed by atoms with Crippen molar-refractivity contribution in [3.8, 4) is 5.75 Å². The van der Waals surface area contributed by atoms with Gasteiger partial charge in [0.15, 0.2) is 0 Å². The van der Waals surface area contributed by atoms with Crippen molar-refractivity contribution in [3.63, 3.8) is 0 Å². The lowest BCUT2D eigenvalue weighted by molar-refractivity contribution is -0.137. The first-order valence-corrected chi connectivity index (χ1v) is 3.44. The van der Waals surface area contributed by atoms with Crippen LogP contribution in [0.3, 0.4) is 0 Å². The summed E-state index contributed by atoms with van der Waals surface area (Å²) >= 11 is 0. The first kappa shape index (κ1) is 10.5. The molecule has 1 aromatic rings. The Labute approximate surface area is 76.1 Å². The fourth-order valence-electron chi connectivity index (χ4n) is 0.805. The average Bonchev–Trinajstić information content (AvgIpc) is 2.02. The van der Waals surface area contributed by atoms with E-state index in [0.29, 0.717) is 12.1 Å². The highest BCUT2D eigenvalue weighted by atomic mass is 19.4. The van der Waals surface area contributed by atoms with E-state index in [-0.39, 0.29) is 5.75 Å². The number of rotatable bonds is 1. The third-order valence-electron chi connectivity index (χ3n) is 1.38. The summed E-state index contributed by atoms with van der Waals surface area (Å²) in [6.07, 6.45) is -6.53. The van der Waals surface area contributed by atoms with Gasteiger partial charge in [-0.05, 0) is 24.3 Å². The van der Waals surface area contributed by atoms with Crippen LogP contribution >= 0.6 is 0 Å². The smallest absolute Gasteiger partial charge is 0.401 e. The molecule has 0 N–H and O–H groups in total. The van der Waals surface area contributed by atoms with Gasteiger partial charge < -0.3 is 4.74 Å². The molecule has 2 nitrogen and oxygen atoms in total. The molecule has 0 fully saturated rings. The van der Waals surface area contributed by atoms with Gasteiger partial charge in [-0.15, -0.1) is 4.39 Å². The molecular formula is C8H4F4O2. The van der Waals surface area contributed by atoms with Gasteiger partial charge >= 0.3 is 12.4 Å². The van der Waals surface area contributed by atoms with E-state index in [0.717, 1.165) is 12.1 Å². The molecular weight excluding hydrogens is 204 g/mol. The Morgan fingerprint density at radius 1 is 1.14 bits per heavy atom. The van der Waals surface area contributed by atoms with E-state index in [1.807, 2.05) is 0 Å². The van der Waals surface area contributed by atoms with Gasteiger partial charge in [-0.1, -0.05) is 0 Å².